The number of hydrogen-bond donors (Lipinski definition) is 2. The summed E-state index contributed by atoms with van der Waals surface area (Å²) in [5, 5.41) is 5.89. The Bertz CT molecular complexity index is 514. The number of benzene rings is 1. The Balaban J connectivity index is 0.00000242. The van der Waals surface area contributed by atoms with E-state index in [0.717, 1.165) is 37.9 Å². The van der Waals surface area contributed by atoms with Crippen molar-refractivity contribution in [3.8, 4) is 0 Å². The zero-order valence-corrected chi connectivity index (χ0v) is 13.1. The first-order valence-corrected chi connectivity index (χ1v) is 7.01. The van der Waals surface area contributed by atoms with Gasteiger partial charge in [0.15, 0.2) is 0 Å². The second-order valence-electron chi connectivity index (χ2n) is 5.60. The first-order chi connectivity index (χ1) is 9.81. The highest BCUT2D eigenvalue weighted by Gasteiger charge is 2.34. The molecule has 22 heavy (non-hydrogen) atoms. The highest BCUT2D eigenvalue weighted by molar-refractivity contribution is 5.86. The van der Waals surface area contributed by atoms with E-state index in [9.17, 15) is 18.0 Å². The Labute approximate surface area is 134 Å². The zero-order chi connectivity index (χ0) is 15.5. The third-order valence-corrected chi connectivity index (χ3v) is 3.83. The largest absolute Gasteiger partial charge is 0.416 e. The predicted molar refractivity (Wildman–Crippen MR) is 80.8 cm³/mol. The smallest absolute Gasteiger partial charge is 0.350 e. The monoisotopic (exact) mass is 336 g/mol. The van der Waals surface area contributed by atoms with Crippen LogP contribution in [-0.4, -0.2) is 18.0 Å². The van der Waals surface area contributed by atoms with Crippen LogP contribution < -0.4 is 10.6 Å². The molecule has 1 aromatic rings. The molecule has 1 fully saturated rings. The Morgan fingerprint density at radius 1 is 1.36 bits per heavy atom. The molecule has 0 bridgehead atoms. The van der Waals surface area contributed by atoms with Crippen LogP contribution in [0.1, 0.15) is 37.3 Å². The van der Waals surface area contributed by atoms with Gasteiger partial charge in [-0.05, 0) is 50.4 Å². The van der Waals surface area contributed by atoms with E-state index in [0.29, 0.717) is 5.56 Å². The average Bonchev–Trinajstić information content (AvgIpc) is 2.45. The topological polar surface area (TPSA) is 41.1 Å². The molecule has 0 radical (unpaired) electrons. The number of carbonyl (C=O) groups excluding carboxylic acids is 1. The van der Waals surface area contributed by atoms with Crippen LogP contribution in [-0.2, 0) is 17.5 Å². The zero-order valence-electron chi connectivity index (χ0n) is 12.3. The molecule has 1 aliphatic rings. The Hall–Kier alpha value is -1.27. The molecule has 0 aromatic heterocycles. The van der Waals surface area contributed by atoms with Crippen molar-refractivity contribution in [2.45, 2.75) is 44.4 Å². The Kier molecular flexibility index (Phi) is 6.26. The van der Waals surface area contributed by atoms with Crippen molar-refractivity contribution >= 4 is 18.3 Å². The number of rotatable bonds is 3. The molecule has 0 aliphatic carbocycles. The number of piperidine rings is 1. The van der Waals surface area contributed by atoms with Crippen LogP contribution in [0.3, 0.4) is 0 Å². The van der Waals surface area contributed by atoms with Crippen molar-refractivity contribution in [2.75, 3.05) is 6.54 Å². The first-order valence-electron chi connectivity index (χ1n) is 7.01. The molecule has 1 aliphatic heterocycles. The van der Waals surface area contributed by atoms with Gasteiger partial charge in [0.2, 0.25) is 5.91 Å². The van der Waals surface area contributed by atoms with Gasteiger partial charge in [-0.1, -0.05) is 12.1 Å². The molecule has 1 aromatic carbocycles. The normalized spacial score (nSPS) is 21.8. The maximum Gasteiger partial charge on any atom is 0.416 e. The van der Waals surface area contributed by atoms with Gasteiger partial charge in [-0.3, -0.25) is 4.79 Å². The molecule has 2 N–H and O–H groups in total. The van der Waals surface area contributed by atoms with Crippen LogP contribution in [0.25, 0.3) is 0 Å². The van der Waals surface area contributed by atoms with E-state index in [2.05, 4.69) is 10.6 Å². The summed E-state index contributed by atoms with van der Waals surface area (Å²) in [5.41, 5.74) is -0.881. The van der Waals surface area contributed by atoms with Gasteiger partial charge in [0.25, 0.3) is 0 Å². The quantitative estimate of drug-likeness (QED) is 0.889. The highest BCUT2D eigenvalue weighted by atomic mass is 35.5. The van der Waals surface area contributed by atoms with Gasteiger partial charge < -0.3 is 10.6 Å². The molecule has 1 heterocycles. The summed E-state index contributed by atoms with van der Waals surface area (Å²) in [6, 6.07) is 5.02. The highest BCUT2D eigenvalue weighted by Crippen LogP contribution is 2.29. The van der Waals surface area contributed by atoms with Crippen LogP contribution >= 0.6 is 12.4 Å². The van der Waals surface area contributed by atoms with Crippen molar-refractivity contribution in [1.29, 1.82) is 0 Å². The molecule has 124 valence electrons. The molecular weight excluding hydrogens is 317 g/mol. The van der Waals surface area contributed by atoms with Gasteiger partial charge in [0.1, 0.15) is 0 Å². The van der Waals surface area contributed by atoms with E-state index in [1.807, 2.05) is 6.92 Å². The minimum atomic E-state index is -4.36. The lowest BCUT2D eigenvalue weighted by molar-refractivity contribution is -0.137. The minimum absolute atomic E-state index is 0. The summed E-state index contributed by atoms with van der Waals surface area (Å²) in [4.78, 5) is 12.2. The van der Waals surface area contributed by atoms with Gasteiger partial charge in [-0.15, -0.1) is 12.4 Å². The third-order valence-electron chi connectivity index (χ3n) is 3.83. The van der Waals surface area contributed by atoms with Gasteiger partial charge in [0.05, 0.1) is 11.1 Å². The molecule has 0 saturated carbocycles. The molecule has 2 rings (SSSR count). The van der Waals surface area contributed by atoms with E-state index in [1.165, 1.54) is 6.07 Å². The molecular formula is C15H20ClF3N2O. The molecule has 0 spiro atoms. The first kappa shape index (κ1) is 18.8. The van der Waals surface area contributed by atoms with E-state index < -0.39 is 17.3 Å². The fraction of sp³-hybridized carbons (Fsp3) is 0.533. The molecule has 7 heteroatoms. The van der Waals surface area contributed by atoms with Crippen molar-refractivity contribution in [3.63, 3.8) is 0 Å². The molecule has 1 amide bonds. The summed E-state index contributed by atoms with van der Waals surface area (Å²) in [5.74, 6) is -0.167. The van der Waals surface area contributed by atoms with Crippen molar-refractivity contribution in [3.05, 3.63) is 35.4 Å². The minimum Gasteiger partial charge on any atom is -0.350 e. The fourth-order valence-electron chi connectivity index (χ4n) is 2.49. The lowest BCUT2D eigenvalue weighted by Gasteiger charge is -2.33. The van der Waals surface area contributed by atoms with Crippen LogP contribution in [0.4, 0.5) is 13.2 Å². The fourth-order valence-corrected chi connectivity index (χ4v) is 2.49. The van der Waals surface area contributed by atoms with Crippen molar-refractivity contribution < 1.29 is 18.0 Å². The molecule has 1 unspecified atom stereocenters. The van der Waals surface area contributed by atoms with Gasteiger partial charge in [-0.25, -0.2) is 0 Å². The number of hydrogen-bond acceptors (Lipinski definition) is 2. The van der Waals surface area contributed by atoms with E-state index >= 15 is 0 Å². The van der Waals surface area contributed by atoms with Crippen LogP contribution in [0, 0.1) is 0 Å². The third kappa shape index (κ3) is 4.61. The number of alkyl halides is 3. The Morgan fingerprint density at radius 3 is 2.68 bits per heavy atom. The van der Waals surface area contributed by atoms with Crippen molar-refractivity contribution in [2.24, 2.45) is 0 Å². The summed E-state index contributed by atoms with van der Waals surface area (Å²) >= 11 is 0. The maximum atomic E-state index is 12.6. The standard InChI is InChI=1S/C15H19F3N2O.ClH/c1-14(7-2-3-8-20-14)13(21)19-10-11-5-4-6-12(9-11)15(16,17)18;/h4-6,9,20H,2-3,7-8,10H2,1H3,(H,19,21);1H. The van der Waals surface area contributed by atoms with Crippen LogP contribution in [0.15, 0.2) is 24.3 Å². The summed E-state index contributed by atoms with van der Waals surface area (Å²) in [6.45, 7) is 2.71. The second-order valence-corrected chi connectivity index (χ2v) is 5.60. The van der Waals surface area contributed by atoms with Gasteiger partial charge >= 0.3 is 6.18 Å². The molecule has 1 atom stereocenters. The van der Waals surface area contributed by atoms with Gasteiger partial charge in [0, 0.05) is 6.54 Å². The number of carbonyl (C=O) groups is 1. The average molecular weight is 337 g/mol. The predicted octanol–water partition coefficient (Wildman–Crippen LogP) is 3.28. The second kappa shape index (κ2) is 7.33. The summed E-state index contributed by atoms with van der Waals surface area (Å²) < 4.78 is 37.9. The molecule has 1 saturated heterocycles. The van der Waals surface area contributed by atoms with Crippen LogP contribution in [0.2, 0.25) is 0 Å². The maximum absolute atomic E-state index is 12.6. The molecule has 3 nitrogen and oxygen atoms in total. The van der Waals surface area contributed by atoms with Gasteiger partial charge in [-0.2, -0.15) is 13.2 Å². The summed E-state index contributed by atoms with van der Waals surface area (Å²) in [6.07, 6.45) is -1.62. The lowest BCUT2D eigenvalue weighted by atomic mass is 9.90. The number of amides is 1. The lowest BCUT2D eigenvalue weighted by Crippen LogP contribution is -2.56. The number of halogens is 4. The number of nitrogens with one attached hydrogen (secondary N) is 2. The van der Waals surface area contributed by atoms with E-state index in [1.54, 1.807) is 6.07 Å². The van der Waals surface area contributed by atoms with Crippen LogP contribution in [0.5, 0.6) is 0 Å². The van der Waals surface area contributed by atoms with E-state index in [-0.39, 0.29) is 24.9 Å². The van der Waals surface area contributed by atoms with Crippen molar-refractivity contribution in [1.82, 2.24) is 10.6 Å². The SMILES string of the molecule is CC1(C(=O)NCc2cccc(C(F)(F)F)c2)CCCCN1.Cl. The summed E-state index contributed by atoms with van der Waals surface area (Å²) in [7, 11) is 0. The Morgan fingerprint density at radius 2 is 2.09 bits per heavy atom. The van der Waals surface area contributed by atoms with E-state index in [4.69, 9.17) is 0 Å².